The van der Waals surface area contributed by atoms with Crippen molar-refractivity contribution in [1.82, 2.24) is 15.2 Å². The molecule has 1 aromatic carbocycles. The van der Waals surface area contributed by atoms with E-state index in [1.807, 2.05) is 0 Å². The Hall–Kier alpha value is -3.55. The summed E-state index contributed by atoms with van der Waals surface area (Å²) < 4.78 is 14.2. The van der Waals surface area contributed by atoms with Crippen molar-refractivity contribution in [3.63, 3.8) is 0 Å². The van der Waals surface area contributed by atoms with Gasteiger partial charge in [-0.3, -0.25) is 9.78 Å². The van der Waals surface area contributed by atoms with Gasteiger partial charge in [-0.15, -0.1) is 10.2 Å². The lowest BCUT2D eigenvalue weighted by Gasteiger charge is -2.41. The second-order valence-corrected chi connectivity index (χ2v) is 7.19. The minimum absolute atomic E-state index is 0.0239. The predicted octanol–water partition coefficient (Wildman–Crippen LogP) is 3.02. The number of carbonyl (C=O) groups excluding carboxylic acids is 1. The van der Waals surface area contributed by atoms with Crippen LogP contribution in [0.3, 0.4) is 0 Å². The number of phenols is 1. The summed E-state index contributed by atoms with van der Waals surface area (Å²) in [6.45, 7) is 0.497. The fourth-order valence-electron chi connectivity index (χ4n) is 3.66. The Morgan fingerprint density at radius 1 is 1.17 bits per heavy atom. The SMILES string of the molecule is NC(=O)c1cccc(-c2ccc(NCC3(c4ncccc4F)CCC3)nn2)c1O. The molecule has 1 aliphatic rings. The molecule has 0 aliphatic heterocycles. The predicted molar refractivity (Wildman–Crippen MR) is 106 cm³/mol. The van der Waals surface area contributed by atoms with Crippen molar-refractivity contribution in [3.8, 4) is 17.0 Å². The average molecular weight is 393 g/mol. The number of para-hydroxylation sites is 1. The Kier molecular flexibility index (Phi) is 4.84. The number of amides is 1. The summed E-state index contributed by atoms with van der Waals surface area (Å²) in [5, 5.41) is 21.8. The topological polar surface area (TPSA) is 114 Å². The number of anilines is 1. The highest BCUT2D eigenvalue weighted by Gasteiger charge is 2.41. The number of nitrogens with zero attached hydrogens (tertiary/aromatic N) is 3. The molecule has 1 aliphatic carbocycles. The van der Waals surface area contributed by atoms with Crippen molar-refractivity contribution >= 4 is 11.7 Å². The van der Waals surface area contributed by atoms with Crippen LogP contribution < -0.4 is 11.1 Å². The Morgan fingerprint density at radius 3 is 2.62 bits per heavy atom. The maximum atomic E-state index is 14.2. The quantitative estimate of drug-likeness (QED) is 0.593. The van der Waals surface area contributed by atoms with Gasteiger partial charge < -0.3 is 16.2 Å². The zero-order valence-corrected chi connectivity index (χ0v) is 15.6. The highest BCUT2D eigenvalue weighted by molar-refractivity contribution is 5.97. The fraction of sp³-hybridized carbons (Fsp3) is 0.238. The summed E-state index contributed by atoms with van der Waals surface area (Å²) in [4.78, 5) is 15.7. The van der Waals surface area contributed by atoms with E-state index in [1.54, 1.807) is 36.5 Å². The molecule has 0 radical (unpaired) electrons. The molecule has 4 rings (SSSR count). The molecule has 2 aromatic heterocycles. The van der Waals surface area contributed by atoms with Gasteiger partial charge in [0.25, 0.3) is 5.91 Å². The van der Waals surface area contributed by atoms with Crippen LogP contribution in [0, 0.1) is 5.82 Å². The monoisotopic (exact) mass is 393 g/mol. The van der Waals surface area contributed by atoms with Crippen LogP contribution in [0.15, 0.2) is 48.7 Å². The van der Waals surface area contributed by atoms with Crippen LogP contribution in [0.4, 0.5) is 10.2 Å². The normalized spacial score (nSPS) is 14.8. The molecule has 1 saturated carbocycles. The number of carbonyl (C=O) groups is 1. The van der Waals surface area contributed by atoms with Crippen LogP contribution in [0.1, 0.15) is 35.3 Å². The lowest BCUT2D eigenvalue weighted by molar-refractivity contribution is 0.0998. The summed E-state index contributed by atoms with van der Waals surface area (Å²) in [7, 11) is 0. The van der Waals surface area contributed by atoms with Crippen molar-refractivity contribution in [2.75, 3.05) is 11.9 Å². The summed E-state index contributed by atoms with van der Waals surface area (Å²) in [6.07, 6.45) is 4.35. The number of aromatic nitrogens is 3. The van der Waals surface area contributed by atoms with Gasteiger partial charge >= 0.3 is 0 Å². The first kappa shape index (κ1) is 18.8. The number of benzene rings is 1. The number of pyridine rings is 1. The standard InChI is InChI=1S/C21H20FN5O2/c22-15-6-2-11-24-19(15)21(9-3-10-21)12-25-17-8-7-16(26-27-17)13-4-1-5-14(18(13)28)20(23)29/h1-2,4-8,11,28H,3,9-10,12H2,(H2,23,29)(H,25,27). The van der Waals surface area contributed by atoms with Crippen LogP contribution >= 0.6 is 0 Å². The number of rotatable bonds is 6. The first-order chi connectivity index (χ1) is 14.0. The van der Waals surface area contributed by atoms with Crippen molar-refractivity contribution in [2.24, 2.45) is 5.73 Å². The molecule has 8 heteroatoms. The second-order valence-electron chi connectivity index (χ2n) is 7.19. The van der Waals surface area contributed by atoms with Gasteiger partial charge in [0, 0.05) is 23.7 Å². The third-order valence-electron chi connectivity index (χ3n) is 5.42. The van der Waals surface area contributed by atoms with Gasteiger partial charge in [-0.25, -0.2) is 4.39 Å². The van der Waals surface area contributed by atoms with Gasteiger partial charge in [0.1, 0.15) is 17.4 Å². The van der Waals surface area contributed by atoms with E-state index in [-0.39, 0.29) is 22.5 Å². The zero-order chi connectivity index (χ0) is 20.4. The third kappa shape index (κ3) is 3.49. The number of aromatic hydroxyl groups is 1. The Balaban J connectivity index is 1.52. The number of primary amides is 1. The Bertz CT molecular complexity index is 1050. The van der Waals surface area contributed by atoms with Gasteiger partial charge in [-0.2, -0.15) is 0 Å². The molecule has 0 atom stereocenters. The van der Waals surface area contributed by atoms with E-state index in [0.29, 0.717) is 29.3 Å². The molecule has 0 unspecified atom stereocenters. The molecule has 0 saturated heterocycles. The summed E-state index contributed by atoms with van der Waals surface area (Å²) in [6, 6.07) is 11.1. The molecular weight excluding hydrogens is 373 g/mol. The molecule has 0 bridgehead atoms. The summed E-state index contributed by atoms with van der Waals surface area (Å²) in [5.41, 5.74) is 6.20. The number of hydrogen-bond acceptors (Lipinski definition) is 6. The molecule has 4 N–H and O–H groups in total. The summed E-state index contributed by atoms with van der Waals surface area (Å²) in [5.74, 6) is -0.709. The van der Waals surface area contributed by atoms with Crippen LogP contribution in [0.2, 0.25) is 0 Å². The van der Waals surface area contributed by atoms with E-state index in [4.69, 9.17) is 5.73 Å². The maximum Gasteiger partial charge on any atom is 0.252 e. The molecule has 1 fully saturated rings. The zero-order valence-electron chi connectivity index (χ0n) is 15.6. The van der Waals surface area contributed by atoms with Crippen LogP contribution in [-0.4, -0.2) is 32.7 Å². The van der Waals surface area contributed by atoms with Gasteiger partial charge in [-0.1, -0.05) is 12.5 Å². The molecule has 29 heavy (non-hydrogen) atoms. The molecular formula is C21H20FN5O2. The van der Waals surface area contributed by atoms with E-state index in [0.717, 1.165) is 19.3 Å². The third-order valence-corrected chi connectivity index (χ3v) is 5.42. The molecule has 2 heterocycles. The highest BCUT2D eigenvalue weighted by atomic mass is 19.1. The van der Waals surface area contributed by atoms with Crippen LogP contribution in [-0.2, 0) is 5.41 Å². The van der Waals surface area contributed by atoms with Crippen molar-refractivity contribution in [3.05, 3.63) is 65.7 Å². The van der Waals surface area contributed by atoms with Gasteiger partial charge in [0.2, 0.25) is 0 Å². The largest absolute Gasteiger partial charge is 0.506 e. The molecule has 0 spiro atoms. The first-order valence-corrected chi connectivity index (χ1v) is 9.31. The Labute approximate surface area is 166 Å². The maximum absolute atomic E-state index is 14.2. The number of nitrogens with two attached hydrogens (primary N) is 1. The Morgan fingerprint density at radius 2 is 2.00 bits per heavy atom. The first-order valence-electron chi connectivity index (χ1n) is 9.31. The minimum atomic E-state index is -0.719. The highest BCUT2D eigenvalue weighted by Crippen LogP contribution is 2.43. The number of halogens is 1. The van der Waals surface area contributed by atoms with Crippen LogP contribution in [0.25, 0.3) is 11.3 Å². The lowest BCUT2D eigenvalue weighted by Crippen LogP contribution is -2.42. The molecule has 148 valence electrons. The minimum Gasteiger partial charge on any atom is -0.506 e. The van der Waals surface area contributed by atoms with Crippen LogP contribution in [0.5, 0.6) is 5.75 Å². The number of hydrogen-bond donors (Lipinski definition) is 3. The molecule has 7 nitrogen and oxygen atoms in total. The van der Waals surface area contributed by atoms with Gasteiger partial charge in [0.15, 0.2) is 0 Å². The average Bonchev–Trinajstić information content (AvgIpc) is 2.69. The van der Waals surface area contributed by atoms with Gasteiger partial charge in [0.05, 0.1) is 17.0 Å². The smallest absolute Gasteiger partial charge is 0.252 e. The lowest BCUT2D eigenvalue weighted by atomic mass is 9.66. The van der Waals surface area contributed by atoms with E-state index in [2.05, 4.69) is 20.5 Å². The van der Waals surface area contributed by atoms with E-state index < -0.39 is 5.91 Å². The van der Waals surface area contributed by atoms with E-state index in [1.165, 1.54) is 12.1 Å². The number of nitrogens with one attached hydrogen (secondary N) is 1. The van der Waals surface area contributed by atoms with Crippen molar-refractivity contribution in [2.45, 2.75) is 24.7 Å². The fourth-order valence-corrected chi connectivity index (χ4v) is 3.66. The van der Waals surface area contributed by atoms with E-state index in [9.17, 15) is 14.3 Å². The van der Waals surface area contributed by atoms with Gasteiger partial charge in [-0.05, 0) is 49.2 Å². The van der Waals surface area contributed by atoms with E-state index >= 15 is 0 Å². The van der Waals surface area contributed by atoms with Crippen molar-refractivity contribution < 1.29 is 14.3 Å². The molecule has 3 aromatic rings. The van der Waals surface area contributed by atoms with Crippen molar-refractivity contribution in [1.29, 1.82) is 0 Å². The summed E-state index contributed by atoms with van der Waals surface area (Å²) >= 11 is 0. The second kappa shape index (κ2) is 7.46. The molecule has 1 amide bonds.